The van der Waals surface area contributed by atoms with Gasteiger partial charge in [-0.2, -0.15) is 0 Å². The van der Waals surface area contributed by atoms with Crippen LogP contribution in [-0.4, -0.2) is 56.9 Å². The first kappa shape index (κ1) is 19.6. The Labute approximate surface area is 152 Å². The standard InChI is InChI=1S/C20H33N3O2/c1-4-24-19-11-14-23(15-12-19)20(21-3)22-13-5-6-16-25-18-9-7-17(2)8-10-18/h7-10,19H,4-6,11-16H2,1-3H3,(H,21,22). The first-order valence-corrected chi connectivity index (χ1v) is 9.49. The van der Waals surface area contributed by atoms with Crippen LogP contribution in [0, 0.1) is 6.92 Å². The van der Waals surface area contributed by atoms with E-state index in [4.69, 9.17) is 9.47 Å². The van der Waals surface area contributed by atoms with Crippen molar-refractivity contribution in [2.45, 2.75) is 45.6 Å². The van der Waals surface area contributed by atoms with Crippen LogP contribution in [0.2, 0.25) is 0 Å². The largest absolute Gasteiger partial charge is 0.494 e. The third-order valence-electron chi connectivity index (χ3n) is 4.50. The number of likely N-dealkylation sites (tertiary alicyclic amines) is 1. The van der Waals surface area contributed by atoms with Gasteiger partial charge in [-0.15, -0.1) is 0 Å². The van der Waals surface area contributed by atoms with Crippen LogP contribution < -0.4 is 10.1 Å². The number of nitrogens with one attached hydrogen (secondary N) is 1. The molecule has 0 saturated carbocycles. The fourth-order valence-corrected chi connectivity index (χ4v) is 3.05. The molecule has 5 nitrogen and oxygen atoms in total. The molecule has 2 rings (SSSR count). The summed E-state index contributed by atoms with van der Waals surface area (Å²) in [6.07, 6.45) is 4.68. The summed E-state index contributed by atoms with van der Waals surface area (Å²) >= 11 is 0. The van der Waals surface area contributed by atoms with Gasteiger partial charge in [0, 0.05) is 33.3 Å². The van der Waals surface area contributed by atoms with Gasteiger partial charge in [0.05, 0.1) is 12.7 Å². The van der Waals surface area contributed by atoms with Crippen molar-refractivity contribution in [1.82, 2.24) is 10.2 Å². The Balaban J connectivity index is 1.58. The number of nitrogens with zero attached hydrogens (tertiary/aromatic N) is 2. The van der Waals surface area contributed by atoms with Crippen molar-refractivity contribution in [3.05, 3.63) is 29.8 Å². The van der Waals surface area contributed by atoms with Crippen LogP contribution in [0.5, 0.6) is 5.75 Å². The van der Waals surface area contributed by atoms with Crippen molar-refractivity contribution in [2.75, 3.05) is 39.9 Å². The number of benzene rings is 1. The summed E-state index contributed by atoms with van der Waals surface area (Å²) in [5.41, 5.74) is 1.26. The van der Waals surface area contributed by atoms with Gasteiger partial charge in [-0.1, -0.05) is 17.7 Å². The van der Waals surface area contributed by atoms with Crippen LogP contribution >= 0.6 is 0 Å². The van der Waals surface area contributed by atoms with Crippen LogP contribution in [-0.2, 0) is 4.74 Å². The SMILES string of the molecule is CCOC1CCN(C(=NC)NCCCCOc2ccc(C)cc2)CC1. The van der Waals surface area contributed by atoms with Crippen LogP contribution in [0.25, 0.3) is 0 Å². The molecule has 1 aromatic carbocycles. The van der Waals surface area contributed by atoms with E-state index in [0.29, 0.717) is 6.10 Å². The predicted molar refractivity (Wildman–Crippen MR) is 103 cm³/mol. The minimum atomic E-state index is 0.415. The van der Waals surface area contributed by atoms with Crippen LogP contribution in [0.4, 0.5) is 0 Å². The topological polar surface area (TPSA) is 46.1 Å². The van der Waals surface area contributed by atoms with E-state index in [-0.39, 0.29) is 0 Å². The summed E-state index contributed by atoms with van der Waals surface area (Å²) in [4.78, 5) is 6.75. The second kappa shape index (κ2) is 11.0. The Morgan fingerprint density at radius 1 is 1.20 bits per heavy atom. The van der Waals surface area contributed by atoms with E-state index in [1.54, 1.807) is 0 Å². The Hall–Kier alpha value is -1.75. The molecule has 25 heavy (non-hydrogen) atoms. The number of rotatable bonds is 8. The van der Waals surface area contributed by atoms with Crippen molar-refractivity contribution in [1.29, 1.82) is 0 Å². The number of hydrogen-bond donors (Lipinski definition) is 1. The molecule has 1 N–H and O–H groups in total. The molecule has 1 aromatic rings. The van der Waals surface area contributed by atoms with E-state index in [2.05, 4.69) is 41.2 Å². The molecule has 5 heteroatoms. The minimum Gasteiger partial charge on any atom is -0.494 e. The zero-order chi connectivity index (χ0) is 17.9. The van der Waals surface area contributed by atoms with Gasteiger partial charge >= 0.3 is 0 Å². The number of unbranched alkanes of at least 4 members (excludes halogenated alkanes) is 1. The molecule has 0 radical (unpaired) electrons. The Morgan fingerprint density at radius 2 is 1.92 bits per heavy atom. The molecule has 0 amide bonds. The second-order valence-electron chi connectivity index (χ2n) is 6.48. The maximum absolute atomic E-state index is 5.76. The van der Waals surface area contributed by atoms with Crippen LogP contribution in [0.15, 0.2) is 29.3 Å². The van der Waals surface area contributed by atoms with Crippen molar-refractivity contribution < 1.29 is 9.47 Å². The average Bonchev–Trinajstić information content (AvgIpc) is 2.64. The maximum atomic E-state index is 5.76. The van der Waals surface area contributed by atoms with Crippen molar-refractivity contribution in [3.8, 4) is 5.75 Å². The third-order valence-corrected chi connectivity index (χ3v) is 4.50. The van der Waals surface area contributed by atoms with Gasteiger partial charge in [0.1, 0.15) is 5.75 Å². The monoisotopic (exact) mass is 347 g/mol. The zero-order valence-electron chi connectivity index (χ0n) is 16.0. The normalized spacial score (nSPS) is 16.1. The smallest absolute Gasteiger partial charge is 0.193 e. The highest BCUT2D eigenvalue weighted by molar-refractivity contribution is 5.79. The summed E-state index contributed by atoms with van der Waals surface area (Å²) in [6, 6.07) is 8.22. The molecule has 0 spiro atoms. The second-order valence-corrected chi connectivity index (χ2v) is 6.48. The number of piperidine rings is 1. The van der Waals surface area contributed by atoms with E-state index in [9.17, 15) is 0 Å². The molecule has 1 aliphatic rings. The molecular weight excluding hydrogens is 314 g/mol. The summed E-state index contributed by atoms with van der Waals surface area (Å²) in [7, 11) is 1.86. The first-order valence-electron chi connectivity index (χ1n) is 9.49. The lowest BCUT2D eigenvalue weighted by Crippen LogP contribution is -2.47. The lowest BCUT2D eigenvalue weighted by atomic mass is 10.1. The molecule has 1 heterocycles. The average molecular weight is 348 g/mol. The zero-order valence-corrected chi connectivity index (χ0v) is 16.0. The van der Waals surface area contributed by atoms with E-state index in [1.165, 1.54) is 5.56 Å². The highest BCUT2D eigenvalue weighted by Gasteiger charge is 2.21. The fourth-order valence-electron chi connectivity index (χ4n) is 3.05. The van der Waals surface area contributed by atoms with Gasteiger partial charge in [0.15, 0.2) is 5.96 Å². The Bertz CT molecular complexity index is 508. The number of aliphatic imine (C=N–C) groups is 1. The van der Waals surface area contributed by atoms with E-state index in [1.807, 2.05) is 19.2 Å². The Kier molecular flexibility index (Phi) is 8.60. The van der Waals surface area contributed by atoms with Gasteiger partial charge in [0.2, 0.25) is 0 Å². The van der Waals surface area contributed by atoms with E-state index < -0.39 is 0 Å². The number of ether oxygens (including phenoxy) is 2. The molecule has 0 aromatic heterocycles. The molecule has 1 aliphatic heterocycles. The van der Waals surface area contributed by atoms with Gasteiger partial charge in [0.25, 0.3) is 0 Å². The quantitative estimate of drug-likeness (QED) is 0.445. The summed E-state index contributed by atoms with van der Waals surface area (Å²) in [5.74, 6) is 1.96. The molecule has 0 atom stereocenters. The lowest BCUT2D eigenvalue weighted by molar-refractivity contribution is 0.0264. The van der Waals surface area contributed by atoms with Crippen LogP contribution in [0.1, 0.15) is 38.2 Å². The molecule has 1 saturated heterocycles. The van der Waals surface area contributed by atoms with Crippen LogP contribution in [0.3, 0.4) is 0 Å². The highest BCUT2D eigenvalue weighted by Crippen LogP contribution is 2.14. The third kappa shape index (κ3) is 6.94. The summed E-state index contributed by atoms with van der Waals surface area (Å²) in [5, 5.41) is 3.47. The maximum Gasteiger partial charge on any atom is 0.193 e. The van der Waals surface area contributed by atoms with Crippen molar-refractivity contribution in [2.24, 2.45) is 4.99 Å². The molecule has 140 valence electrons. The molecule has 0 bridgehead atoms. The van der Waals surface area contributed by atoms with Gasteiger partial charge in [-0.25, -0.2) is 0 Å². The first-order chi connectivity index (χ1) is 12.2. The highest BCUT2D eigenvalue weighted by atomic mass is 16.5. The fraction of sp³-hybridized carbons (Fsp3) is 0.650. The summed E-state index contributed by atoms with van der Waals surface area (Å²) < 4.78 is 11.5. The summed E-state index contributed by atoms with van der Waals surface area (Å²) in [6.45, 7) is 8.67. The van der Waals surface area contributed by atoms with Crippen molar-refractivity contribution >= 4 is 5.96 Å². The molecule has 0 unspecified atom stereocenters. The number of aryl methyl sites for hydroxylation is 1. The minimum absolute atomic E-state index is 0.415. The molecule has 0 aliphatic carbocycles. The van der Waals surface area contributed by atoms with E-state index in [0.717, 1.165) is 70.2 Å². The number of guanidine groups is 1. The lowest BCUT2D eigenvalue weighted by Gasteiger charge is -2.34. The van der Waals surface area contributed by atoms with Gasteiger partial charge in [-0.05, 0) is 51.7 Å². The van der Waals surface area contributed by atoms with Gasteiger partial charge in [-0.3, -0.25) is 4.99 Å². The Morgan fingerprint density at radius 3 is 2.56 bits per heavy atom. The predicted octanol–water partition coefficient (Wildman–Crippen LogP) is 3.23. The number of hydrogen-bond acceptors (Lipinski definition) is 3. The van der Waals surface area contributed by atoms with Gasteiger partial charge < -0.3 is 19.7 Å². The van der Waals surface area contributed by atoms with E-state index >= 15 is 0 Å². The molecule has 1 fully saturated rings. The molecular formula is C20H33N3O2. The van der Waals surface area contributed by atoms with Crippen molar-refractivity contribution in [3.63, 3.8) is 0 Å².